The van der Waals surface area contributed by atoms with Crippen molar-refractivity contribution >= 4 is 11.6 Å². The quantitative estimate of drug-likeness (QED) is 0.661. The Morgan fingerprint density at radius 3 is 1.23 bits per heavy atom. The maximum absolute atomic E-state index is 10.4. The van der Waals surface area contributed by atoms with Crippen molar-refractivity contribution in [1.82, 2.24) is 0 Å². The van der Waals surface area contributed by atoms with Gasteiger partial charge in [-0.2, -0.15) is 0 Å². The van der Waals surface area contributed by atoms with Crippen molar-refractivity contribution in [3.05, 3.63) is 0 Å². The highest BCUT2D eigenvalue weighted by Gasteiger charge is 1.91. The highest BCUT2D eigenvalue weighted by Crippen LogP contribution is 1.90. The van der Waals surface area contributed by atoms with Crippen LogP contribution in [-0.2, 0) is 9.59 Å². The topological polar surface area (TPSA) is 34.1 Å². The molecule has 0 heterocycles. The predicted octanol–water partition coefficient (Wildman–Crippen LogP) is 3.14. The fourth-order valence-corrected chi connectivity index (χ4v) is 0.706. The number of rotatable bonds is 5. The average molecular weight is 186 g/mol. The van der Waals surface area contributed by atoms with Crippen molar-refractivity contribution in [2.75, 3.05) is 0 Å². The summed E-state index contributed by atoms with van der Waals surface area (Å²) in [5.41, 5.74) is 0. The van der Waals surface area contributed by atoms with Crippen LogP contribution in [0.1, 0.15) is 59.8 Å². The lowest BCUT2D eigenvalue weighted by Gasteiger charge is -1.87. The first-order valence-electron chi connectivity index (χ1n) is 5.15. The number of ketones is 2. The summed E-state index contributed by atoms with van der Waals surface area (Å²) in [5.74, 6) is 0.720. The van der Waals surface area contributed by atoms with Gasteiger partial charge >= 0.3 is 0 Å². The minimum absolute atomic E-state index is 0.343. The minimum Gasteiger partial charge on any atom is -0.300 e. The van der Waals surface area contributed by atoms with Gasteiger partial charge in [-0.25, -0.2) is 0 Å². The summed E-state index contributed by atoms with van der Waals surface area (Å²) in [7, 11) is 0. The standard InChI is InChI=1S/C6H12O.C5H10O/c1-3-5-6(7)4-2;1-3-5(6)4-2/h3-5H2,1-2H3;3-4H2,1-2H3. The molecule has 13 heavy (non-hydrogen) atoms. The molecule has 2 heteroatoms. The fourth-order valence-electron chi connectivity index (χ4n) is 0.706. The summed E-state index contributed by atoms with van der Waals surface area (Å²) in [6.45, 7) is 7.68. The molecular formula is C11H22O2. The maximum Gasteiger partial charge on any atom is 0.132 e. The van der Waals surface area contributed by atoms with Crippen molar-refractivity contribution in [1.29, 1.82) is 0 Å². The van der Waals surface area contributed by atoms with Crippen LogP contribution in [0, 0.1) is 0 Å². The predicted molar refractivity (Wildman–Crippen MR) is 55.8 cm³/mol. The largest absolute Gasteiger partial charge is 0.300 e. The Morgan fingerprint density at radius 2 is 1.15 bits per heavy atom. The zero-order chi connectivity index (χ0) is 10.7. The van der Waals surface area contributed by atoms with Gasteiger partial charge in [-0.1, -0.05) is 27.7 Å². The van der Waals surface area contributed by atoms with E-state index in [1.165, 1.54) is 0 Å². The average Bonchev–Trinajstić information content (AvgIpc) is 2.18. The Bertz CT molecular complexity index is 133. The summed E-state index contributed by atoms with van der Waals surface area (Å²) >= 11 is 0. The van der Waals surface area contributed by atoms with Crippen molar-refractivity contribution in [3.63, 3.8) is 0 Å². The van der Waals surface area contributed by atoms with E-state index in [2.05, 4.69) is 0 Å². The second kappa shape index (κ2) is 11.3. The third-order valence-electron chi connectivity index (χ3n) is 1.71. The second-order valence-corrected chi connectivity index (χ2v) is 2.89. The molecule has 78 valence electrons. The monoisotopic (exact) mass is 186 g/mol. The molecule has 0 radical (unpaired) electrons. The zero-order valence-electron chi connectivity index (χ0n) is 9.35. The molecule has 0 spiro atoms. The van der Waals surface area contributed by atoms with E-state index in [-0.39, 0.29) is 0 Å². The molecule has 0 aliphatic rings. The van der Waals surface area contributed by atoms with Gasteiger partial charge in [0.25, 0.3) is 0 Å². The Hall–Kier alpha value is -0.660. The van der Waals surface area contributed by atoms with Gasteiger partial charge in [0.05, 0.1) is 0 Å². The van der Waals surface area contributed by atoms with Crippen LogP contribution in [0.4, 0.5) is 0 Å². The molecule has 0 amide bonds. The highest BCUT2D eigenvalue weighted by molar-refractivity contribution is 5.78. The molecule has 0 N–H and O–H groups in total. The Balaban J connectivity index is 0. The second-order valence-electron chi connectivity index (χ2n) is 2.89. The third-order valence-corrected chi connectivity index (χ3v) is 1.71. The van der Waals surface area contributed by atoms with Crippen molar-refractivity contribution in [3.8, 4) is 0 Å². The summed E-state index contributed by atoms with van der Waals surface area (Å²) in [6.07, 6.45) is 3.84. The Kier molecular flexibility index (Phi) is 12.9. The number of Topliss-reactive ketones (excluding diaryl/α,β-unsaturated/α-hetero) is 2. The first-order valence-corrected chi connectivity index (χ1v) is 5.15. The molecule has 0 unspecified atom stereocenters. The van der Waals surface area contributed by atoms with Crippen LogP contribution >= 0.6 is 0 Å². The van der Waals surface area contributed by atoms with Crippen LogP contribution in [0.3, 0.4) is 0 Å². The summed E-state index contributed by atoms with van der Waals surface area (Å²) in [5, 5.41) is 0. The lowest BCUT2D eigenvalue weighted by atomic mass is 10.2. The van der Waals surface area contributed by atoms with E-state index in [9.17, 15) is 9.59 Å². The maximum atomic E-state index is 10.4. The summed E-state index contributed by atoms with van der Waals surface area (Å²) < 4.78 is 0. The number of carbonyl (C=O) groups excluding carboxylic acids is 2. The normalized spacial score (nSPS) is 8.62. The molecular weight excluding hydrogens is 164 g/mol. The Morgan fingerprint density at radius 1 is 0.769 bits per heavy atom. The SMILES string of the molecule is CCC(=O)CC.CCCC(=O)CC. The minimum atomic E-state index is 0.343. The summed E-state index contributed by atoms with van der Waals surface area (Å²) in [4.78, 5) is 20.6. The smallest absolute Gasteiger partial charge is 0.132 e. The number of hydrogen-bond acceptors (Lipinski definition) is 2. The van der Waals surface area contributed by atoms with Crippen molar-refractivity contribution in [2.45, 2.75) is 59.8 Å². The van der Waals surface area contributed by atoms with E-state index < -0.39 is 0 Å². The lowest BCUT2D eigenvalue weighted by Crippen LogP contribution is -1.91. The molecule has 0 saturated heterocycles. The molecule has 0 saturated carbocycles. The molecule has 0 bridgehead atoms. The van der Waals surface area contributed by atoms with Crippen LogP contribution in [-0.4, -0.2) is 11.6 Å². The highest BCUT2D eigenvalue weighted by atomic mass is 16.1. The van der Waals surface area contributed by atoms with Gasteiger partial charge in [-0.05, 0) is 6.42 Å². The van der Waals surface area contributed by atoms with Gasteiger partial charge < -0.3 is 0 Å². The zero-order valence-corrected chi connectivity index (χ0v) is 9.35. The number of carbonyl (C=O) groups is 2. The molecule has 0 aromatic rings. The lowest BCUT2D eigenvalue weighted by molar-refractivity contribution is -0.119. The van der Waals surface area contributed by atoms with Crippen LogP contribution in [0.15, 0.2) is 0 Å². The van der Waals surface area contributed by atoms with Crippen LogP contribution in [0.25, 0.3) is 0 Å². The van der Waals surface area contributed by atoms with Crippen LogP contribution in [0.5, 0.6) is 0 Å². The van der Waals surface area contributed by atoms with E-state index in [1.54, 1.807) is 0 Å². The van der Waals surface area contributed by atoms with Gasteiger partial charge in [0, 0.05) is 25.7 Å². The molecule has 0 aromatic heterocycles. The fraction of sp³-hybridized carbons (Fsp3) is 0.818. The molecule has 0 rings (SSSR count). The first kappa shape index (κ1) is 14.8. The van der Waals surface area contributed by atoms with Crippen molar-refractivity contribution in [2.24, 2.45) is 0 Å². The summed E-state index contributed by atoms with van der Waals surface area (Å²) in [6, 6.07) is 0. The van der Waals surface area contributed by atoms with E-state index in [0.29, 0.717) is 30.8 Å². The van der Waals surface area contributed by atoms with Crippen LogP contribution < -0.4 is 0 Å². The molecule has 2 nitrogen and oxygen atoms in total. The van der Waals surface area contributed by atoms with Gasteiger partial charge in [0.2, 0.25) is 0 Å². The Labute approximate surface area is 81.7 Å². The molecule has 0 aliphatic heterocycles. The van der Waals surface area contributed by atoms with E-state index in [0.717, 1.165) is 12.8 Å². The van der Waals surface area contributed by atoms with Crippen molar-refractivity contribution < 1.29 is 9.59 Å². The molecule has 0 aliphatic carbocycles. The van der Waals surface area contributed by atoms with Crippen LogP contribution in [0.2, 0.25) is 0 Å². The number of hydrogen-bond donors (Lipinski definition) is 0. The van der Waals surface area contributed by atoms with Gasteiger partial charge in [-0.15, -0.1) is 0 Å². The van der Waals surface area contributed by atoms with E-state index >= 15 is 0 Å². The molecule has 0 atom stereocenters. The molecule has 0 fully saturated rings. The first-order chi connectivity index (χ1) is 6.12. The van der Waals surface area contributed by atoms with E-state index in [1.807, 2.05) is 27.7 Å². The van der Waals surface area contributed by atoms with Gasteiger partial charge in [0.1, 0.15) is 11.6 Å². The van der Waals surface area contributed by atoms with Gasteiger partial charge in [-0.3, -0.25) is 9.59 Å². The van der Waals surface area contributed by atoms with Gasteiger partial charge in [0.15, 0.2) is 0 Å². The van der Waals surface area contributed by atoms with E-state index in [4.69, 9.17) is 0 Å². The third kappa shape index (κ3) is 14.2. The molecule has 0 aromatic carbocycles.